The third-order valence-electron chi connectivity index (χ3n) is 7.98. The van der Waals surface area contributed by atoms with Crippen molar-refractivity contribution in [3.8, 4) is 0 Å². The molecule has 0 rings (SSSR count). The van der Waals surface area contributed by atoms with Crippen molar-refractivity contribution in [2.24, 2.45) is 5.92 Å². The Labute approximate surface area is 257 Å². The van der Waals surface area contributed by atoms with E-state index in [1.807, 2.05) is 0 Å². The summed E-state index contributed by atoms with van der Waals surface area (Å²) in [5.74, 6) is 0.448. The largest absolute Gasteiger partial charge is 0.462 e. The molecule has 0 spiro atoms. The van der Waals surface area contributed by atoms with Gasteiger partial charge in [-0.15, -0.1) is 0 Å². The molecule has 41 heavy (non-hydrogen) atoms. The van der Waals surface area contributed by atoms with Gasteiger partial charge in [0.1, 0.15) is 6.10 Å². The van der Waals surface area contributed by atoms with E-state index >= 15 is 0 Å². The van der Waals surface area contributed by atoms with Gasteiger partial charge < -0.3 is 9.64 Å². The molecule has 240 valence electrons. The molecule has 3 nitrogen and oxygen atoms in total. The van der Waals surface area contributed by atoms with Gasteiger partial charge in [0.25, 0.3) is 0 Å². The summed E-state index contributed by atoms with van der Waals surface area (Å²) in [5, 5.41) is 0. The lowest BCUT2D eigenvalue weighted by Gasteiger charge is -2.27. The van der Waals surface area contributed by atoms with Gasteiger partial charge >= 0.3 is 5.97 Å². The summed E-state index contributed by atoms with van der Waals surface area (Å²) < 4.78 is 6.27. The van der Waals surface area contributed by atoms with Crippen LogP contribution in [0.5, 0.6) is 0 Å². The van der Waals surface area contributed by atoms with Crippen molar-refractivity contribution in [2.75, 3.05) is 20.6 Å². The van der Waals surface area contributed by atoms with Gasteiger partial charge in [0, 0.05) is 6.42 Å². The van der Waals surface area contributed by atoms with Crippen LogP contribution in [0.15, 0.2) is 36.5 Å². The predicted molar refractivity (Wildman–Crippen MR) is 183 cm³/mol. The van der Waals surface area contributed by atoms with E-state index in [0.717, 1.165) is 51.5 Å². The molecule has 0 heterocycles. The molecule has 0 amide bonds. The number of unbranched alkanes of at least 4 members (excludes halogenated alkanes) is 12. The van der Waals surface area contributed by atoms with Crippen LogP contribution in [0.3, 0.4) is 0 Å². The predicted octanol–water partition coefficient (Wildman–Crippen LogP) is 11.8. The fourth-order valence-electron chi connectivity index (χ4n) is 5.35. The lowest BCUT2D eigenvalue weighted by Crippen LogP contribution is -2.28. The van der Waals surface area contributed by atoms with E-state index in [0.29, 0.717) is 12.3 Å². The molecule has 0 aromatic heterocycles. The van der Waals surface area contributed by atoms with E-state index in [1.165, 1.54) is 96.3 Å². The monoisotopic (exact) mass is 574 g/mol. The van der Waals surface area contributed by atoms with Crippen molar-refractivity contribution in [1.82, 2.24) is 4.90 Å². The smallest absolute Gasteiger partial charge is 0.306 e. The molecule has 0 N–H and O–H groups in total. The molecule has 0 saturated carbocycles. The van der Waals surface area contributed by atoms with Crippen LogP contribution in [-0.2, 0) is 9.53 Å². The zero-order chi connectivity index (χ0) is 30.2. The van der Waals surface area contributed by atoms with E-state index in [4.69, 9.17) is 4.74 Å². The highest BCUT2D eigenvalue weighted by Gasteiger charge is 2.24. The van der Waals surface area contributed by atoms with Crippen LogP contribution in [0.2, 0.25) is 0 Å². The van der Waals surface area contributed by atoms with Gasteiger partial charge in [0.2, 0.25) is 0 Å². The van der Waals surface area contributed by atoms with Crippen molar-refractivity contribution in [2.45, 2.75) is 175 Å². The Morgan fingerprint density at radius 1 is 0.561 bits per heavy atom. The molecule has 2 atom stereocenters. The first-order valence-corrected chi connectivity index (χ1v) is 17.8. The van der Waals surface area contributed by atoms with Crippen molar-refractivity contribution in [3.05, 3.63) is 36.5 Å². The second-order valence-electron chi connectivity index (χ2n) is 12.4. The van der Waals surface area contributed by atoms with Crippen molar-refractivity contribution in [3.63, 3.8) is 0 Å². The molecule has 0 aromatic carbocycles. The summed E-state index contributed by atoms with van der Waals surface area (Å²) in [5.41, 5.74) is 0. The summed E-state index contributed by atoms with van der Waals surface area (Å²) in [7, 11) is 4.13. The normalized spacial score (nSPS) is 13.7. The number of rotatable bonds is 30. The lowest BCUT2D eigenvalue weighted by molar-refractivity contribution is -0.152. The van der Waals surface area contributed by atoms with Crippen LogP contribution in [-0.4, -0.2) is 37.6 Å². The quantitative estimate of drug-likeness (QED) is 0.0486. The summed E-state index contributed by atoms with van der Waals surface area (Å²) in [6.07, 6.45) is 41.2. The number of allylic oxidation sites excluding steroid dienone is 6. The number of nitrogens with zero attached hydrogens (tertiary/aromatic N) is 1. The highest BCUT2D eigenvalue weighted by Crippen LogP contribution is 2.27. The number of carbonyl (C=O) groups is 1. The Kier molecular flexibility index (Phi) is 30.5. The Morgan fingerprint density at radius 3 is 1.49 bits per heavy atom. The van der Waals surface area contributed by atoms with Crippen molar-refractivity contribution >= 4 is 5.97 Å². The molecule has 3 heteroatoms. The average molecular weight is 574 g/mol. The number of ether oxygens (including phenoxy) is 1. The maximum Gasteiger partial charge on any atom is 0.306 e. The Morgan fingerprint density at radius 2 is 1.00 bits per heavy atom. The molecule has 0 saturated heterocycles. The number of hydrogen-bond acceptors (Lipinski definition) is 3. The molecule has 0 bridgehead atoms. The maximum absolute atomic E-state index is 12.9. The molecule has 0 aliphatic rings. The molecule has 2 unspecified atom stereocenters. The highest BCUT2D eigenvalue weighted by atomic mass is 16.5. The van der Waals surface area contributed by atoms with E-state index in [-0.39, 0.29) is 12.1 Å². The van der Waals surface area contributed by atoms with Gasteiger partial charge in [-0.3, -0.25) is 4.79 Å². The highest BCUT2D eigenvalue weighted by molar-refractivity contribution is 5.69. The minimum atomic E-state index is -0.00318. The third kappa shape index (κ3) is 28.5. The van der Waals surface area contributed by atoms with Gasteiger partial charge in [0.15, 0.2) is 0 Å². The van der Waals surface area contributed by atoms with Crippen LogP contribution in [0.1, 0.15) is 168 Å². The van der Waals surface area contributed by atoms with E-state index < -0.39 is 0 Å². The van der Waals surface area contributed by atoms with Gasteiger partial charge in [0.05, 0.1) is 0 Å². The summed E-state index contributed by atoms with van der Waals surface area (Å²) in [4.78, 5) is 15.0. The van der Waals surface area contributed by atoms with Crippen molar-refractivity contribution in [1.29, 1.82) is 0 Å². The van der Waals surface area contributed by atoms with Crippen LogP contribution in [0, 0.1) is 5.92 Å². The van der Waals surface area contributed by atoms with Crippen LogP contribution in [0.4, 0.5) is 0 Å². The molecule has 0 radical (unpaired) electrons. The summed E-state index contributed by atoms with van der Waals surface area (Å²) in [6, 6.07) is 0. The van der Waals surface area contributed by atoms with E-state index in [9.17, 15) is 4.79 Å². The van der Waals surface area contributed by atoms with Crippen LogP contribution < -0.4 is 0 Å². The van der Waals surface area contributed by atoms with Gasteiger partial charge in [-0.1, -0.05) is 102 Å². The van der Waals surface area contributed by atoms with Crippen LogP contribution >= 0.6 is 0 Å². The van der Waals surface area contributed by atoms with Crippen molar-refractivity contribution < 1.29 is 9.53 Å². The molecular formula is C38H71NO2. The fraction of sp³-hybridized carbons (Fsp3) is 0.816. The SMILES string of the molecule is CCCCC/C=C\CCCC(CCC/C=C\CCCCCC)C(CC/C=C\CCCCC)OC(=O)CCCN(C)C. The summed E-state index contributed by atoms with van der Waals surface area (Å²) >= 11 is 0. The Balaban J connectivity index is 5.11. The second-order valence-corrected chi connectivity index (χ2v) is 12.4. The second kappa shape index (κ2) is 31.6. The first kappa shape index (κ1) is 39.6. The zero-order valence-corrected chi connectivity index (χ0v) is 28.4. The molecule has 0 aromatic rings. The average Bonchev–Trinajstić information content (AvgIpc) is 2.95. The number of esters is 1. The standard InChI is InChI=1S/C38H71NO2/c1-6-9-12-15-18-20-23-25-28-32-36(31-27-24-22-19-16-13-10-7-2)37(33-29-26-21-17-14-11-8-3)41-38(40)34-30-35-39(4)5/h19-23,26,36-37H,6-18,24-25,27-35H2,1-5H3/b22-19-,23-20-,26-21-. The summed E-state index contributed by atoms with van der Waals surface area (Å²) in [6.45, 7) is 7.72. The lowest BCUT2D eigenvalue weighted by atomic mass is 9.88. The van der Waals surface area contributed by atoms with Gasteiger partial charge in [-0.2, -0.15) is 0 Å². The first-order valence-electron chi connectivity index (χ1n) is 17.8. The Hall–Kier alpha value is -1.35. The third-order valence-corrected chi connectivity index (χ3v) is 7.98. The first-order chi connectivity index (χ1) is 20.0. The topological polar surface area (TPSA) is 29.5 Å². The molecule has 0 aliphatic carbocycles. The Bertz CT molecular complexity index is 636. The van der Waals surface area contributed by atoms with E-state index in [2.05, 4.69) is 76.2 Å². The molecular weight excluding hydrogens is 502 g/mol. The number of hydrogen-bond donors (Lipinski definition) is 0. The maximum atomic E-state index is 12.9. The minimum absolute atomic E-state index is 0.00318. The van der Waals surface area contributed by atoms with Gasteiger partial charge in [-0.25, -0.2) is 0 Å². The molecule has 0 aliphatic heterocycles. The fourth-order valence-corrected chi connectivity index (χ4v) is 5.35. The zero-order valence-electron chi connectivity index (χ0n) is 28.4. The van der Waals surface area contributed by atoms with Crippen LogP contribution in [0.25, 0.3) is 0 Å². The molecule has 0 fully saturated rings. The van der Waals surface area contributed by atoms with E-state index in [1.54, 1.807) is 0 Å². The minimum Gasteiger partial charge on any atom is -0.462 e. The van der Waals surface area contributed by atoms with Gasteiger partial charge in [-0.05, 0) is 123 Å². The number of carbonyl (C=O) groups excluding carboxylic acids is 1.